The number of hydrogen-bond acceptors (Lipinski definition) is 4. The summed E-state index contributed by atoms with van der Waals surface area (Å²) in [7, 11) is 0. The molecule has 0 amide bonds. The Morgan fingerprint density at radius 3 is 2.67 bits per heavy atom. The van der Waals surface area contributed by atoms with Gasteiger partial charge in [0.1, 0.15) is 13.0 Å². The molecule has 2 rings (SSSR count). The van der Waals surface area contributed by atoms with E-state index in [2.05, 4.69) is 10.5 Å². The molecular formula is C8H10N4. The van der Waals surface area contributed by atoms with Crippen molar-refractivity contribution >= 4 is 17.7 Å². The maximum absolute atomic E-state index is 5.56. The van der Waals surface area contributed by atoms with E-state index in [1.807, 2.05) is 29.2 Å². The molecule has 0 bridgehead atoms. The summed E-state index contributed by atoms with van der Waals surface area (Å²) in [6.45, 7) is 0.726. The van der Waals surface area contributed by atoms with Gasteiger partial charge in [-0.2, -0.15) is 5.10 Å². The van der Waals surface area contributed by atoms with Crippen LogP contribution in [0.3, 0.4) is 0 Å². The number of rotatable bonds is 1. The smallest absolute Gasteiger partial charge is 0.117 e. The van der Waals surface area contributed by atoms with Crippen LogP contribution in [0.2, 0.25) is 0 Å². The summed E-state index contributed by atoms with van der Waals surface area (Å²) in [5, 5.41) is 3.88. The lowest BCUT2D eigenvalue weighted by molar-refractivity contribution is 0.808. The number of hydrazone groups is 1. The van der Waals surface area contributed by atoms with E-state index in [-0.39, 0.29) is 0 Å². The van der Waals surface area contributed by atoms with Crippen LogP contribution < -0.4 is 16.1 Å². The van der Waals surface area contributed by atoms with Crippen LogP contribution in [-0.2, 0) is 0 Å². The monoisotopic (exact) mass is 162 g/mol. The van der Waals surface area contributed by atoms with E-state index < -0.39 is 0 Å². The van der Waals surface area contributed by atoms with Crippen LogP contribution >= 0.6 is 0 Å². The molecule has 0 spiro atoms. The first-order valence-electron chi connectivity index (χ1n) is 3.74. The third-order valence-electron chi connectivity index (χ3n) is 1.75. The Bertz CT molecular complexity index is 290. The normalized spacial score (nSPS) is 14.8. The molecule has 0 atom stereocenters. The minimum absolute atomic E-state index is 0.726. The first-order chi connectivity index (χ1) is 5.86. The molecule has 0 fully saturated rings. The van der Waals surface area contributed by atoms with Crippen LogP contribution in [0.5, 0.6) is 0 Å². The molecule has 62 valence electrons. The Morgan fingerprint density at radius 1 is 1.33 bits per heavy atom. The Balaban J connectivity index is 2.23. The average molecular weight is 162 g/mol. The van der Waals surface area contributed by atoms with Gasteiger partial charge in [-0.25, -0.2) is 0 Å². The van der Waals surface area contributed by atoms with E-state index in [0.717, 1.165) is 18.0 Å². The lowest BCUT2D eigenvalue weighted by Gasteiger charge is -2.12. The molecule has 3 N–H and O–H groups in total. The molecule has 0 unspecified atom stereocenters. The summed E-state index contributed by atoms with van der Waals surface area (Å²) in [5.74, 6) is 0. The number of benzene rings is 1. The van der Waals surface area contributed by atoms with E-state index in [4.69, 9.17) is 5.73 Å². The van der Waals surface area contributed by atoms with Crippen molar-refractivity contribution in [1.82, 2.24) is 5.43 Å². The first kappa shape index (κ1) is 6.97. The van der Waals surface area contributed by atoms with E-state index in [1.54, 1.807) is 6.34 Å². The van der Waals surface area contributed by atoms with Crippen LogP contribution in [0, 0.1) is 0 Å². The Kier molecular flexibility index (Phi) is 1.59. The summed E-state index contributed by atoms with van der Waals surface area (Å²) in [6, 6.07) is 7.69. The van der Waals surface area contributed by atoms with Gasteiger partial charge in [0.25, 0.3) is 0 Å². The highest BCUT2D eigenvalue weighted by molar-refractivity contribution is 5.80. The van der Waals surface area contributed by atoms with E-state index in [1.165, 1.54) is 0 Å². The predicted octanol–water partition coefficient (Wildman–Crippen LogP) is 0.579. The SMILES string of the molecule is Nc1ccc(N2C=NNC2)cc1. The van der Waals surface area contributed by atoms with Crippen LogP contribution in [0.15, 0.2) is 29.4 Å². The highest BCUT2D eigenvalue weighted by atomic mass is 15.5. The molecule has 0 aliphatic carbocycles. The number of anilines is 2. The molecule has 4 nitrogen and oxygen atoms in total. The van der Waals surface area contributed by atoms with Gasteiger partial charge in [-0.15, -0.1) is 0 Å². The molecule has 0 saturated carbocycles. The van der Waals surface area contributed by atoms with Crippen molar-refractivity contribution in [2.75, 3.05) is 17.3 Å². The lowest BCUT2D eigenvalue weighted by Crippen LogP contribution is -2.22. The molecule has 1 aromatic carbocycles. The zero-order valence-electron chi connectivity index (χ0n) is 6.57. The van der Waals surface area contributed by atoms with Crippen LogP contribution in [0.25, 0.3) is 0 Å². The van der Waals surface area contributed by atoms with Crippen molar-refractivity contribution < 1.29 is 0 Å². The zero-order valence-corrected chi connectivity index (χ0v) is 6.57. The van der Waals surface area contributed by atoms with E-state index >= 15 is 0 Å². The Hall–Kier alpha value is -1.71. The van der Waals surface area contributed by atoms with Crippen molar-refractivity contribution in [3.63, 3.8) is 0 Å². The topological polar surface area (TPSA) is 53.6 Å². The van der Waals surface area contributed by atoms with Crippen molar-refractivity contribution in [1.29, 1.82) is 0 Å². The summed E-state index contributed by atoms with van der Waals surface area (Å²) in [5.41, 5.74) is 10.3. The van der Waals surface area contributed by atoms with E-state index in [0.29, 0.717) is 0 Å². The van der Waals surface area contributed by atoms with Gasteiger partial charge >= 0.3 is 0 Å². The molecule has 4 heteroatoms. The molecule has 0 saturated heterocycles. The number of hydrogen-bond donors (Lipinski definition) is 2. The minimum Gasteiger partial charge on any atom is -0.399 e. The third kappa shape index (κ3) is 1.18. The van der Waals surface area contributed by atoms with Gasteiger partial charge in [-0.05, 0) is 24.3 Å². The van der Waals surface area contributed by atoms with Gasteiger partial charge in [0.15, 0.2) is 0 Å². The molecule has 1 aliphatic heterocycles. The van der Waals surface area contributed by atoms with Gasteiger partial charge in [0.2, 0.25) is 0 Å². The van der Waals surface area contributed by atoms with Crippen LogP contribution in [0.1, 0.15) is 0 Å². The number of nitrogens with one attached hydrogen (secondary N) is 1. The first-order valence-corrected chi connectivity index (χ1v) is 3.74. The molecule has 12 heavy (non-hydrogen) atoms. The van der Waals surface area contributed by atoms with Crippen molar-refractivity contribution in [2.24, 2.45) is 5.10 Å². The van der Waals surface area contributed by atoms with Crippen molar-refractivity contribution in [3.8, 4) is 0 Å². The van der Waals surface area contributed by atoms with Crippen LogP contribution in [0.4, 0.5) is 11.4 Å². The number of nitrogens with zero attached hydrogens (tertiary/aromatic N) is 2. The van der Waals surface area contributed by atoms with Crippen molar-refractivity contribution in [3.05, 3.63) is 24.3 Å². The van der Waals surface area contributed by atoms with E-state index in [9.17, 15) is 0 Å². The standard InChI is InChI=1S/C8H10N4/c9-7-1-3-8(4-2-7)12-5-10-11-6-12/h1-5,11H,6,9H2. The number of nitrogen functional groups attached to an aromatic ring is 1. The molecule has 1 aliphatic rings. The number of nitrogens with two attached hydrogens (primary N) is 1. The van der Waals surface area contributed by atoms with Crippen molar-refractivity contribution in [2.45, 2.75) is 0 Å². The minimum atomic E-state index is 0.726. The third-order valence-corrected chi connectivity index (χ3v) is 1.75. The quantitative estimate of drug-likeness (QED) is 0.594. The lowest BCUT2D eigenvalue weighted by atomic mass is 10.3. The summed E-state index contributed by atoms with van der Waals surface area (Å²) in [6.07, 6.45) is 1.76. The Morgan fingerprint density at radius 2 is 2.08 bits per heavy atom. The highest BCUT2D eigenvalue weighted by Crippen LogP contribution is 2.15. The second kappa shape index (κ2) is 2.73. The highest BCUT2D eigenvalue weighted by Gasteiger charge is 2.05. The molecule has 1 aromatic rings. The maximum atomic E-state index is 5.56. The molecule has 1 heterocycles. The van der Waals surface area contributed by atoms with Gasteiger partial charge < -0.3 is 10.6 Å². The van der Waals surface area contributed by atoms with Crippen LogP contribution in [-0.4, -0.2) is 13.0 Å². The largest absolute Gasteiger partial charge is 0.399 e. The predicted molar refractivity (Wildman–Crippen MR) is 49.8 cm³/mol. The van der Waals surface area contributed by atoms with Gasteiger partial charge in [0.05, 0.1) is 0 Å². The zero-order chi connectivity index (χ0) is 8.39. The second-order valence-corrected chi connectivity index (χ2v) is 2.62. The fourth-order valence-corrected chi connectivity index (χ4v) is 1.09. The summed E-state index contributed by atoms with van der Waals surface area (Å²) >= 11 is 0. The Labute approximate surface area is 70.7 Å². The van der Waals surface area contributed by atoms with Gasteiger partial charge in [0, 0.05) is 11.4 Å². The fraction of sp³-hybridized carbons (Fsp3) is 0.125. The molecule has 0 radical (unpaired) electrons. The maximum Gasteiger partial charge on any atom is 0.117 e. The summed E-state index contributed by atoms with van der Waals surface area (Å²) in [4.78, 5) is 2.00. The molecule has 0 aromatic heterocycles. The summed E-state index contributed by atoms with van der Waals surface area (Å²) < 4.78 is 0. The molecular weight excluding hydrogens is 152 g/mol. The average Bonchev–Trinajstić information content (AvgIpc) is 2.58. The van der Waals surface area contributed by atoms with Gasteiger partial charge in [-0.3, -0.25) is 5.43 Å². The fourth-order valence-electron chi connectivity index (χ4n) is 1.09. The van der Waals surface area contributed by atoms with Gasteiger partial charge in [-0.1, -0.05) is 0 Å². The second-order valence-electron chi connectivity index (χ2n) is 2.62.